The number of anilines is 2. The molecule has 0 unspecified atom stereocenters. The summed E-state index contributed by atoms with van der Waals surface area (Å²) in [7, 11) is 1.80. The summed E-state index contributed by atoms with van der Waals surface area (Å²) in [6.45, 7) is 3.91. The first kappa shape index (κ1) is 28.0. The van der Waals surface area contributed by atoms with Crippen molar-refractivity contribution in [2.45, 2.75) is 57.6 Å². The summed E-state index contributed by atoms with van der Waals surface area (Å²) in [6, 6.07) is 6.92. The number of nitrogens with one attached hydrogen (secondary N) is 1. The topological polar surface area (TPSA) is 76.1 Å². The molecule has 0 bridgehead atoms. The van der Waals surface area contributed by atoms with Crippen LogP contribution >= 0.6 is 24.8 Å². The Morgan fingerprint density at radius 3 is 2.42 bits per heavy atom. The largest absolute Gasteiger partial charge is 0.381 e. The number of ether oxygens (including phenoxy) is 1. The molecular weight excluding hydrogens is 502 g/mol. The predicted octanol–water partition coefficient (Wildman–Crippen LogP) is 5.85. The lowest BCUT2D eigenvalue weighted by molar-refractivity contribution is 0.0681. The first-order chi connectivity index (χ1) is 16.6. The monoisotopic (exact) mass is 534 g/mol. The van der Waals surface area contributed by atoms with Gasteiger partial charge in [-0.3, -0.25) is 0 Å². The van der Waals surface area contributed by atoms with E-state index in [4.69, 9.17) is 14.7 Å². The number of fused-ring (bicyclic) bond motifs is 1. The number of aryl methyl sites for hydroxylation is 1. The van der Waals surface area contributed by atoms with E-state index in [1.807, 2.05) is 19.1 Å². The van der Waals surface area contributed by atoms with Crippen LogP contribution in [0.15, 0.2) is 24.3 Å². The number of aromatic nitrogens is 4. The smallest absolute Gasteiger partial charge is 0.156 e. The van der Waals surface area contributed by atoms with Crippen LogP contribution in [0.3, 0.4) is 0 Å². The number of halogens is 3. The molecule has 0 amide bonds. The summed E-state index contributed by atoms with van der Waals surface area (Å²) >= 11 is 0. The van der Waals surface area contributed by atoms with Gasteiger partial charge in [0.1, 0.15) is 17.5 Å². The van der Waals surface area contributed by atoms with Crippen molar-refractivity contribution in [2.75, 3.05) is 30.4 Å². The molecule has 0 radical (unpaired) electrons. The fourth-order valence-corrected chi connectivity index (χ4v) is 4.80. The molecule has 1 saturated heterocycles. The van der Waals surface area contributed by atoms with Crippen molar-refractivity contribution in [1.29, 1.82) is 0 Å². The number of hydrogen-bond acceptors (Lipinski definition) is 7. The van der Waals surface area contributed by atoms with Gasteiger partial charge in [0.05, 0.1) is 28.5 Å². The molecule has 2 aliphatic rings. The van der Waals surface area contributed by atoms with Crippen LogP contribution < -0.4 is 10.2 Å². The van der Waals surface area contributed by atoms with E-state index in [2.05, 4.69) is 26.3 Å². The molecule has 194 valence electrons. The van der Waals surface area contributed by atoms with Crippen molar-refractivity contribution in [1.82, 2.24) is 19.9 Å². The third kappa shape index (κ3) is 6.60. The van der Waals surface area contributed by atoms with Gasteiger partial charge in [-0.15, -0.1) is 24.8 Å². The highest BCUT2D eigenvalue weighted by atomic mass is 35.5. The van der Waals surface area contributed by atoms with Gasteiger partial charge < -0.3 is 15.0 Å². The minimum atomic E-state index is -0.313. The van der Waals surface area contributed by atoms with E-state index in [9.17, 15) is 4.39 Å². The van der Waals surface area contributed by atoms with Crippen LogP contribution in [0.2, 0.25) is 0 Å². The molecule has 1 aliphatic carbocycles. The molecule has 2 fully saturated rings. The van der Waals surface area contributed by atoms with Crippen LogP contribution in [0.1, 0.15) is 55.7 Å². The minimum Gasteiger partial charge on any atom is -0.381 e. The second-order valence-corrected chi connectivity index (χ2v) is 9.18. The van der Waals surface area contributed by atoms with Crippen LogP contribution in [-0.4, -0.2) is 52.3 Å². The Balaban J connectivity index is 0.00000180. The average Bonchev–Trinajstić information content (AvgIpc) is 3.38. The number of benzene rings is 1. The second kappa shape index (κ2) is 12.6. The molecule has 2 aromatic heterocycles. The molecule has 1 saturated carbocycles. The Morgan fingerprint density at radius 1 is 0.944 bits per heavy atom. The van der Waals surface area contributed by atoms with Crippen molar-refractivity contribution < 1.29 is 9.13 Å². The molecule has 0 atom stereocenters. The summed E-state index contributed by atoms with van der Waals surface area (Å²) in [5.41, 5.74) is 2.67. The highest BCUT2D eigenvalue weighted by Crippen LogP contribution is 2.26. The van der Waals surface area contributed by atoms with Gasteiger partial charge in [-0.25, -0.2) is 24.3 Å². The van der Waals surface area contributed by atoms with Gasteiger partial charge in [0.2, 0.25) is 0 Å². The molecule has 1 N–H and O–H groups in total. The number of methoxy groups -OCH3 is 1. The van der Waals surface area contributed by atoms with Crippen molar-refractivity contribution >= 4 is 59.6 Å². The summed E-state index contributed by atoms with van der Waals surface area (Å²) in [5.74, 6) is 2.14. The molecule has 1 aromatic carbocycles. The lowest BCUT2D eigenvalue weighted by Crippen LogP contribution is -2.30. The standard InChI is InChI=1S/C26H31FN6O.2ClH/c1-17-21(30-22-10-5-18(27)15-23(22)28-17)11-12-24-31-25(16-26(32-24)33-13-3-4-14-33)29-19-6-8-20(34-2)9-7-19;;/h5,10-12,15-16,19-20H,3-4,6-9,13-14H2,1-2H3,(H,29,31,32);2*1H/t19-,20-;;. The lowest BCUT2D eigenvalue weighted by atomic mass is 9.93. The normalized spacial score (nSPS) is 19.8. The molecule has 0 spiro atoms. The lowest BCUT2D eigenvalue weighted by Gasteiger charge is -2.29. The van der Waals surface area contributed by atoms with Gasteiger partial charge in [-0.1, -0.05) is 0 Å². The van der Waals surface area contributed by atoms with Gasteiger partial charge in [-0.05, 0) is 69.7 Å². The van der Waals surface area contributed by atoms with Crippen LogP contribution in [-0.2, 0) is 4.74 Å². The maximum absolute atomic E-state index is 13.5. The molecular formula is C26H33Cl2FN6O. The van der Waals surface area contributed by atoms with E-state index in [1.54, 1.807) is 13.2 Å². The van der Waals surface area contributed by atoms with E-state index in [-0.39, 0.29) is 30.6 Å². The molecule has 1 aliphatic heterocycles. The third-order valence-corrected chi connectivity index (χ3v) is 6.75. The zero-order valence-electron chi connectivity index (χ0n) is 20.6. The Labute approximate surface area is 223 Å². The average molecular weight is 535 g/mol. The first-order valence-electron chi connectivity index (χ1n) is 12.1. The summed E-state index contributed by atoms with van der Waals surface area (Å²) < 4.78 is 19.0. The van der Waals surface area contributed by atoms with Gasteiger partial charge in [0.25, 0.3) is 0 Å². The van der Waals surface area contributed by atoms with Crippen molar-refractivity contribution in [3.8, 4) is 0 Å². The maximum atomic E-state index is 13.5. The first-order valence-corrected chi connectivity index (χ1v) is 12.1. The van der Waals surface area contributed by atoms with Crippen molar-refractivity contribution in [2.24, 2.45) is 0 Å². The van der Waals surface area contributed by atoms with Crippen LogP contribution in [0.25, 0.3) is 23.2 Å². The van der Waals surface area contributed by atoms with Gasteiger partial charge >= 0.3 is 0 Å². The number of nitrogens with zero attached hydrogens (tertiary/aromatic N) is 5. The summed E-state index contributed by atoms with van der Waals surface area (Å²) in [4.78, 5) is 21.1. The highest BCUT2D eigenvalue weighted by molar-refractivity contribution is 5.85. The minimum absolute atomic E-state index is 0. The molecule has 10 heteroatoms. The summed E-state index contributed by atoms with van der Waals surface area (Å²) in [5, 5.41) is 3.64. The van der Waals surface area contributed by atoms with Crippen molar-refractivity contribution in [3.63, 3.8) is 0 Å². The van der Waals surface area contributed by atoms with E-state index in [1.165, 1.54) is 25.0 Å². The van der Waals surface area contributed by atoms with Crippen molar-refractivity contribution in [3.05, 3.63) is 47.3 Å². The Bertz CT molecular complexity index is 1200. The zero-order valence-corrected chi connectivity index (χ0v) is 22.2. The molecule has 36 heavy (non-hydrogen) atoms. The predicted molar refractivity (Wildman–Crippen MR) is 148 cm³/mol. The molecule has 3 aromatic rings. The molecule has 3 heterocycles. The zero-order chi connectivity index (χ0) is 23.5. The third-order valence-electron chi connectivity index (χ3n) is 6.75. The van der Waals surface area contributed by atoms with Crippen LogP contribution in [0, 0.1) is 12.7 Å². The summed E-state index contributed by atoms with van der Waals surface area (Å²) in [6.07, 6.45) is 10.8. The quantitative estimate of drug-likeness (QED) is 0.424. The fraction of sp³-hybridized carbons (Fsp3) is 0.462. The Kier molecular flexibility index (Phi) is 9.82. The maximum Gasteiger partial charge on any atom is 0.156 e. The Hall–Kier alpha value is -2.55. The van der Waals surface area contributed by atoms with Gasteiger partial charge in [0, 0.05) is 38.4 Å². The van der Waals surface area contributed by atoms with Gasteiger partial charge in [0.15, 0.2) is 5.82 Å². The SMILES string of the molecule is CO[C@H]1CC[C@H](Nc2cc(N3CCCC3)nc(C=Cc3nc4ccc(F)cc4nc3C)n2)CC1.Cl.Cl. The van der Waals surface area contributed by atoms with E-state index in [0.29, 0.717) is 29.0 Å². The molecule has 7 nitrogen and oxygen atoms in total. The van der Waals surface area contributed by atoms with Crippen LogP contribution in [0.5, 0.6) is 0 Å². The van der Waals surface area contributed by atoms with E-state index < -0.39 is 0 Å². The van der Waals surface area contributed by atoms with E-state index >= 15 is 0 Å². The second-order valence-electron chi connectivity index (χ2n) is 9.18. The highest BCUT2D eigenvalue weighted by Gasteiger charge is 2.22. The van der Waals surface area contributed by atoms with E-state index in [0.717, 1.165) is 61.8 Å². The van der Waals surface area contributed by atoms with Gasteiger partial charge in [-0.2, -0.15) is 0 Å². The fourth-order valence-electron chi connectivity index (χ4n) is 4.80. The molecule has 5 rings (SSSR count). The van der Waals surface area contributed by atoms with Crippen LogP contribution in [0.4, 0.5) is 16.0 Å². The Morgan fingerprint density at radius 2 is 1.69 bits per heavy atom. The number of rotatable bonds is 6. The number of hydrogen-bond donors (Lipinski definition) is 1.